The molecule has 1 saturated heterocycles. The number of anilines is 1. The predicted octanol–water partition coefficient (Wildman–Crippen LogP) is 2.13. The summed E-state index contributed by atoms with van der Waals surface area (Å²) >= 11 is 0. The van der Waals surface area contributed by atoms with E-state index in [4.69, 9.17) is 0 Å². The van der Waals surface area contributed by atoms with Gasteiger partial charge in [-0.15, -0.1) is 0 Å². The molecule has 0 aromatic carbocycles. The van der Waals surface area contributed by atoms with E-state index in [2.05, 4.69) is 16.8 Å². The summed E-state index contributed by atoms with van der Waals surface area (Å²) in [7, 11) is 0. The third-order valence-electron chi connectivity index (χ3n) is 2.90. The van der Waals surface area contributed by atoms with Crippen LogP contribution in [0.15, 0.2) is 18.3 Å². The average molecular weight is 204 g/mol. The van der Waals surface area contributed by atoms with Crippen LogP contribution < -0.4 is 4.90 Å². The number of aldehydes is 1. The van der Waals surface area contributed by atoms with Gasteiger partial charge in [0.15, 0.2) is 6.29 Å². The van der Waals surface area contributed by atoms with Crippen molar-refractivity contribution in [1.82, 2.24) is 4.98 Å². The Bertz CT molecular complexity index is 351. The predicted molar refractivity (Wildman–Crippen MR) is 60.2 cm³/mol. The summed E-state index contributed by atoms with van der Waals surface area (Å²) in [5.41, 5.74) is 0.701. The minimum Gasteiger partial charge on any atom is -0.356 e. The van der Waals surface area contributed by atoms with Gasteiger partial charge in [-0.3, -0.25) is 4.79 Å². The number of piperidine rings is 1. The molecule has 0 spiro atoms. The van der Waals surface area contributed by atoms with E-state index in [0.29, 0.717) is 11.5 Å². The van der Waals surface area contributed by atoms with E-state index in [9.17, 15) is 4.79 Å². The number of aromatic nitrogens is 1. The van der Waals surface area contributed by atoms with Gasteiger partial charge in [-0.25, -0.2) is 4.98 Å². The van der Waals surface area contributed by atoms with Crippen LogP contribution in [0.1, 0.15) is 30.1 Å². The number of rotatable bonds is 2. The Kier molecular flexibility index (Phi) is 2.99. The van der Waals surface area contributed by atoms with Gasteiger partial charge in [0.25, 0.3) is 0 Å². The first-order chi connectivity index (χ1) is 7.31. The molecule has 1 aliphatic rings. The molecule has 2 heterocycles. The van der Waals surface area contributed by atoms with Gasteiger partial charge in [0.1, 0.15) is 5.82 Å². The van der Waals surface area contributed by atoms with Crippen molar-refractivity contribution in [2.24, 2.45) is 5.92 Å². The van der Waals surface area contributed by atoms with Gasteiger partial charge in [-0.05, 0) is 30.9 Å². The van der Waals surface area contributed by atoms with E-state index in [-0.39, 0.29) is 0 Å². The van der Waals surface area contributed by atoms with Crippen molar-refractivity contribution in [2.75, 3.05) is 18.0 Å². The van der Waals surface area contributed by atoms with Crippen LogP contribution in [0.4, 0.5) is 5.82 Å². The van der Waals surface area contributed by atoms with Crippen molar-refractivity contribution >= 4 is 12.1 Å². The van der Waals surface area contributed by atoms with Gasteiger partial charge in [0, 0.05) is 19.3 Å². The normalized spacial score (nSPS) is 21.4. The van der Waals surface area contributed by atoms with Crippen LogP contribution in [0.25, 0.3) is 0 Å². The highest BCUT2D eigenvalue weighted by atomic mass is 16.1. The van der Waals surface area contributed by atoms with Crippen LogP contribution in [-0.2, 0) is 0 Å². The molecule has 15 heavy (non-hydrogen) atoms. The van der Waals surface area contributed by atoms with Crippen LogP contribution in [-0.4, -0.2) is 24.4 Å². The number of hydrogen-bond acceptors (Lipinski definition) is 3. The second-order valence-corrected chi connectivity index (χ2v) is 4.23. The monoisotopic (exact) mass is 204 g/mol. The molecule has 0 unspecified atom stereocenters. The summed E-state index contributed by atoms with van der Waals surface area (Å²) in [6, 6.07) is 3.63. The van der Waals surface area contributed by atoms with Gasteiger partial charge in [-0.2, -0.15) is 0 Å². The smallest absolute Gasteiger partial charge is 0.153 e. The molecule has 0 aliphatic carbocycles. The second kappa shape index (κ2) is 4.43. The third-order valence-corrected chi connectivity index (χ3v) is 2.90. The minimum absolute atomic E-state index is 0.695. The van der Waals surface area contributed by atoms with E-state index >= 15 is 0 Å². The molecule has 0 saturated carbocycles. The van der Waals surface area contributed by atoms with Gasteiger partial charge in [0.2, 0.25) is 0 Å². The molecule has 0 amide bonds. The van der Waals surface area contributed by atoms with Crippen molar-refractivity contribution in [3.8, 4) is 0 Å². The number of nitrogens with zero attached hydrogens (tertiary/aromatic N) is 2. The molecule has 3 nitrogen and oxygen atoms in total. The maximum atomic E-state index is 10.9. The maximum absolute atomic E-state index is 10.9. The molecule has 1 fully saturated rings. The summed E-state index contributed by atoms with van der Waals surface area (Å²) in [5, 5.41) is 0. The first-order valence-electron chi connectivity index (χ1n) is 5.46. The highest BCUT2D eigenvalue weighted by molar-refractivity contribution is 5.82. The van der Waals surface area contributed by atoms with Crippen LogP contribution in [0.2, 0.25) is 0 Å². The van der Waals surface area contributed by atoms with Crippen LogP contribution in [0.3, 0.4) is 0 Å². The zero-order chi connectivity index (χ0) is 10.7. The highest BCUT2D eigenvalue weighted by Gasteiger charge is 2.19. The number of carbonyl (C=O) groups is 1. The van der Waals surface area contributed by atoms with Crippen molar-refractivity contribution in [1.29, 1.82) is 0 Å². The van der Waals surface area contributed by atoms with Crippen LogP contribution in [0, 0.1) is 5.92 Å². The number of carbonyl (C=O) groups excluding carboxylic acids is 1. The number of hydrogen-bond donors (Lipinski definition) is 0. The van der Waals surface area contributed by atoms with E-state index in [1.807, 2.05) is 6.07 Å². The molecule has 0 bridgehead atoms. The molecular formula is C12H16N2O. The Morgan fingerprint density at radius 3 is 3.20 bits per heavy atom. The van der Waals surface area contributed by atoms with Crippen molar-refractivity contribution < 1.29 is 4.79 Å². The Balaban J connectivity index is 2.24. The van der Waals surface area contributed by atoms with Gasteiger partial charge in [0.05, 0.1) is 5.56 Å². The maximum Gasteiger partial charge on any atom is 0.153 e. The summed E-state index contributed by atoms with van der Waals surface area (Å²) < 4.78 is 0. The Labute approximate surface area is 90.1 Å². The fourth-order valence-corrected chi connectivity index (χ4v) is 2.15. The minimum atomic E-state index is 0.695. The zero-order valence-electron chi connectivity index (χ0n) is 9.02. The SMILES string of the molecule is C[C@H]1CCCN(c2ncccc2C=O)C1. The lowest BCUT2D eigenvalue weighted by atomic mass is 10.00. The molecule has 1 atom stereocenters. The van der Waals surface area contributed by atoms with E-state index < -0.39 is 0 Å². The second-order valence-electron chi connectivity index (χ2n) is 4.23. The van der Waals surface area contributed by atoms with E-state index in [1.54, 1.807) is 12.3 Å². The van der Waals surface area contributed by atoms with Gasteiger partial charge in [-0.1, -0.05) is 6.92 Å². The first-order valence-corrected chi connectivity index (χ1v) is 5.46. The lowest BCUT2D eigenvalue weighted by Gasteiger charge is -2.32. The fourth-order valence-electron chi connectivity index (χ4n) is 2.15. The van der Waals surface area contributed by atoms with Crippen LogP contribution >= 0.6 is 0 Å². The van der Waals surface area contributed by atoms with Crippen LogP contribution in [0.5, 0.6) is 0 Å². The Hall–Kier alpha value is -1.38. The quantitative estimate of drug-likeness (QED) is 0.692. The lowest BCUT2D eigenvalue weighted by Crippen LogP contribution is -2.35. The summed E-state index contributed by atoms with van der Waals surface area (Å²) in [5.74, 6) is 1.54. The van der Waals surface area contributed by atoms with Crippen molar-refractivity contribution in [2.45, 2.75) is 19.8 Å². The Morgan fingerprint density at radius 1 is 1.60 bits per heavy atom. The molecule has 1 aromatic heterocycles. The zero-order valence-corrected chi connectivity index (χ0v) is 9.02. The average Bonchev–Trinajstić information content (AvgIpc) is 2.29. The largest absolute Gasteiger partial charge is 0.356 e. The van der Waals surface area contributed by atoms with Crippen molar-refractivity contribution in [3.63, 3.8) is 0 Å². The van der Waals surface area contributed by atoms with E-state index in [0.717, 1.165) is 25.2 Å². The van der Waals surface area contributed by atoms with Gasteiger partial charge < -0.3 is 4.90 Å². The summed E-state index contributed by atoms with van der Waals surface area (Å²) in [6.07, 6.45) is 5.11. The molecule has 3 heteroatoms. The molecular weight excluding hydrogens is 188 g/mol. The third kappa shape index (κ3) is 2.17. The first kappa shape index (κ1) is 10.1. The van der Waals surface area contributed by atoms with Gasteiger partial charge >= 0.3 is 0 Å². The fraction of sp³-hybridized carbons (Fsp3) is 0.500. The summed E-state index contributed by atoms with van der Waals surface area (Å²) in [4.78, 5) is 17.4. The Morgan fingerprint density at radius 2 is 2.47 bits per heavy atom. The molecule has 2 rings (SSSR count). The standard InChI is InChI=1S/C12H16N2O/c1-10-4-3-7-14(8-10)12-11(9-15)5-2-6-13-12/h2,5-6,9-10H,3-4,7-8H2,1H3/t10-/m0/s1. The molecule has 0 radical (unpaired) electrons. The topological polar surface area (TPSA) is 33.2 Å². The lowest BCUT2D eigenvalue weighted by molar-refractivity contribution is 0.112. The molecule has 80 valence electrons. The molecule has 0 N–H and O–H groups in total. The van der Waals surface area contributed by atoms with E-state index in [1.165, 1.54) is 12.8 Å². The van der Waals surface area contributed by atoms with Crippen molar-refractivity contribution in [3.05, 3.63) is 23.9 Å². The molecule has 1 aliphatic heterocycles. The molecule has 1 aromatic rings. The highest BCUT2D eigenvalue weighted by Crippen LogP contribution is 2.22. The number of pyridine rings is 1. The summed E-state index contributed by atoms with van der Waals surface area (Å²) in [6.45, 7) is 4.27.